The summed E-state index contributed by atoms with van der Waals surface area (Å²) in [6.07, 6.45) is 1.47. The van der Waals surface area contributed by atoms with Crippen molar-refractivity contribution in [2.75, 3.05) is 14.2 Å². The predicted molar refractivity (Wildman–Crippen MR) is 233 cm³/mol. The summed E-state index contributed by atoms with van der Waals surface area (Å²) < 4.78 is 10.8. The number of nitrogens with zero attached hydrogens (tertiary/aromatic N) is 2. The van der Waals surface area contributed by atoms with Crippen molar-refractivity contribution in [1.29, 1.82) is 0 Å². The van der Waals surface area contributed by atoms with Crippen LogP contribution in [-0.4, -0.2) is 56.2 Å². The number of aliphatic hydroxyl groups excluding tert-OH is 2. The van der Waals surface area contributed by atoms with Crippen LogP contribution in [-0.2, 0) is 16.1 Å². The Morgan fingerprint density at radius 2 is 1.05 bits per heavy atom. The van der Waals surface area contributed by atoms with Crippen molar-refractivity contribution in [3.63, 3.8) is 0 Å². The third kappa shape index (κ3) is 9.15. The Hall–Kier alpha value is -6.24. The molecular weight excluding hydrogens is 757 g/mol. The van der Waals surface area contributed by atoms with Gasteiger partial charge in [0, 0.05) is 34.6 Å². The van der Waals surface area contributed by atoms with Crippen LogP contribution in [0.4, 0.5) is 0 Å². The molecule has 0 aliphatic rings. The number of methoxy groups -OCH3 is 2. The summed E-state index contributed by atoms with van der Waals surface area (Å²) in [6.45, 7) is 13.1. The number of hydrogen-bond donors (Lipinski definition) is 6. The van der Waals surface area contributed by atoms with E-state index in [1.165, 1.54) is 7.11 Å². The van der Waals surface area contributed by atoms with Crippen LogP contribution in [0, 0.1) is 16.2 Å². The molecule has 3 unspecified atom stereocenters. The molecule has 6 N–H and O–H groups in total. The van der Waals surface area contributed by atoms with Crippen LogP contribution in [0.15, 0.2) is 109 Å². The lowest BCUT2D eigenvalue weighted by molar-refractivity contribution is -0.137. The number of rotatable bonds is 15. The van der Waals surface area contributed by atoms with Gasteiger partial charge in [-0.25, -0.2) is 9.97 Å². The van der Waals surface area contributed by atoms with Gasteiger partial charge in [-0.3, -0.25) is 9.59 Å². The summed E-state index contributed by atoms with van der Waals surface area (Å²) in [5, 5.41) is 28.5. The number of nitrogens with one attached hydrogen (secondary N) is 4. The zero-order valence-electron chi connectivity index (χ0n) is 35.8. The van der Waals surface area contributed by atoms with E-state index in [2.05, 4.69) is 20.6 Å². The topological polar surface area (TPSA) is 174 Å². The number of carbonyl (C=O) groups is 2. The number of aromatic nitrogens is 4. The van der Waals surface area contributed by atoms with Crippen LogP contribution < -0.4 is 20.1 Å². The van der Waals surface area contributed by atoms with Crippen LogP contribution >= 0.6 is 0 Å². The highest BCUT2D eigenvalue weighted by atomic mass is 16.5. The predicted octanol–water partition coefficient (Wildman–Crippen LogP) is 8.49. The Kier molecular flexibility index (Phi) is 12.7. The Balaban J connectivity index is 1.08. The van der Waals surface area contributed by atoms with Crippen LogP contribution in [0.3, 0.4) is 0 Å². The largest absolute Gasteiger partial charge is 0.496 e. The second-order valence-electron chi connectivity index (χ2n) is 17.2. The van der Waals surface area contributed by atoms with Gasteiger partial charge in [-0.1, -0.05) is 106 Å². The minimum atomic E-state index is -1.18. The number of aromatic amines is 2. The molecule has 2 aromatic heterocycles. The molecule has 0 spiro atoms. The molecule has 0 radical (unpaired) electrons. The van der Waals surface area contributed by atoms with Gasteiger partial charge in [0.2, 0.25) is 11.8 Å². The molecule has 6 rings (SSSR count). The second kappa shape index (κ2) is 17.5. The van der Waals surface area contributed by atoms with Gasteiger partial charge in [0.25, 0.3) is 0 Å². The van der Waals surface area contributed by atoms with E-state index in [9.17, 15) is 19.8 Å². The maximum Gasteiger partial charge on any atom is 0.229 e. The molecule has 3 atom stereocenters. The lowest BCUT2D eigenvalue weighted by Gasteiger charge is -2.35. The molecule has 0 aliphatic carbocycles. The van der Waals surface area contributed by atoms with E-state index >= 15 is 0 Å². The first-order chi connectivity index (χ1) is 28.4. The standard InChI is InChI=1S/C48H56N6O6/c1-46(2,3)40(54-45(58)48(6,7)42(56)34-15-11-13-17-38(34)60-9)43-50-27-36(53-43)32-24-20-30(21-25-32)29-18-22-31(23-19-29)35-26-49-39(52-35)28-51-44(57)47(4,5)41(55)33-14-10-12-16-37(33)59-8/h10-27,40-42,55-56H,28H2,1-9H3,(H,49,52)(H,50,53)(H,51,57)(H,54,58). The van der Waals surface area contributed by atoms with Gasteiger partial charge in [-0.15, -0.1) is 0 Å². The number of ether oxygens (including phenoxy) is 2. The third-order valence-electron chi connectivity index (χ3n) is 11.2. The fraction of sp³-hybridized carbons (Fsp3) is 0.333. The first kappa shape index (κ1) is 43.3. The monoisotopic (exact) mass is 812 g/mol. The van der Waals surface area contributed by atoms with Crippen LogP contribution in [0.25, 0.3) is 33.6 Å². The first-order valence-electron chi connectivity index (χ1n) is 20.0. The highest BCUT2D eigenvalue weighted by molar-refractivity contribution is 5.84. The number of para-hydroxylation sites is 2. The van der Waals surface area contributed by atoms with Crippen LogP contribution in [0.5, 0.6) is 11.5 Å². The zero-order valence-corrected chi connectivity index (χ0v) is 35.8. The number of H-pyrrole nitrogens is 2. The van der Waals surface area contributed by atoms with E-state index in [0.29, 0.717) is 34.3 Å². The van der Waals surface area contributed by atoms with E-state index < -0.39 is 34.5 Å². The third-order valence-corrected chi connectivity index (χ3v) is 11.2. The lowest BCUT2D eigenvalue weighted by atomic mass is 9.79. The van der Waals surface area contributed by atoms with Gasteiger partial charge in [0.1, 0.15) is 23.1 Å². The zero-order chi connectivity index (χ0) is 43.4. The fourth-order valence-corrected chi connectivity index (χ4v) is 7.11. The highest BCUT2D eigenvalue weighted by Gasteiger charge is 2.42. The molecule has 314 valence electrons. The summed E-state index contributed by atoms with van der Waals surface area (Å²) in [5.74, 6) is 1.61. The van der Waals surface area contributed by atoms with Crippen LogP contribution in [0.1, 0.15) is 89.5 Å². The summed E-state index contributed by atoms with van der Waals surface area (Å²) in [7, 11) is 3.08. The molecular formula is C48H56N6O6. The number of amides is 2. The fourth-order valence-electron chi connectivity index (χ4n) is 7.11. The molecule has 0 bridgehead atoms. The number of imidazole rings is 2. The summed E-state index contributed by atoms with van der Waals surface area (Å²) >= 11 is 0. The van der Waals surface area contributed by atoms with Crippen molar-refractivity contribution in [1.82, 2.24) is 30.6 Å². The Labute approximate surface area is 351 Å². The highest BCUT2D eigenvalue weighted by Crippen LogP contribution is 2.41. The molecule has 0 saturated heterocycles. The maximum atomic E-state index is 13.8. The van der Waals surface area contributed by atoms with Gasteiger partial charge in [-0.05, 0) is 56.4 Å². The molecule has 60 heavy (non-hydrogen) atoms. The van der Waals surface area contributed by atoms with Gasteiger partial charge in [0.15, 0.2) is 0 Å². The number of hydrogen-bond acceptors (Lipinski definition) is 8. The molecule has 0 fully saturated rings. The number of aliphatic hydroxyl groups is 2. The van der Waals surface area contributed by atoms with E-state index in [-0.39, 0.29) is 18.4 Å². The van der Waals surface area contributed by atoms with Crippen molar-refractivity contribution in [2.24, 2.45) is 16.2 Å². The molecule has 4 aromatic carbocycles. The Morgan fingerprint density at radius 3 is 1.53 bits per heavy atom. The van der Waals surface area contributed by atoms with E-state index in [1.54, 1.807) is 71.3 Å². The minimum Gasteiger partial charge on any atom is -0.496 e. The average Bonchev–Trinajstić information content (AvgIpc) is 3.94. The molecule has 2 amide bonds. The van der Waals surface area contributed by atoms with Crippen molar-refractivity contribution < 1.29 is 29.3 Å². The Morgan fingerprint density at radius 1 is 0.617 bits per heavy atom. The summed E-state index contributed by atoms with van der Waals surface area (Å²) in [6, 6.07) is 30.1. The van der Waals surface area contributed by atoms with Crippen molar-refractivity contribution in [2.45, 2.75) is 73.3 Å². The normalized spacial score (nSPS) is 13.6. The molecule has 6 aromatic rings. The van der Waals surface area contributed by atoms with Gasteiger partial charge >= 0.3 is 0 Å². The minimum absolute atomic E-state index is 0.168. The van der Waals surface area contributed by atoms with Crippen molar-refractivity contribution in [3.05, 3.63) is 132 Å². The second-order valence-corrected chi connectivity index (χ2v) is 17.2. The smallest absolute Gasteiger partial charge is 0.229 e. The number of carbonyl (C=O) groups excluding carboxylic acids is 2. The lowest BCUT2D eigenvalue weighted by Crippen LogP contribution is -2.46. The molecule has 0 aliphatic heterocycles. The first-order valence-corrected chi connectivity index (χ1v) is 20.0. The van der Waals surface area contributed by atoms with Crippen LogP contribution in [0.2, 0.25) is 0 Å². The summed E-state index contributed by atoms with van der Waals surface area (Å²) in [5.41, 5.74) is 3.75. The molecule has 0 saturated carbocycles. The van der Waals surface area contributed by atoms with E-state index in [1.807, 2.05) is 93.7 Å². The quantitative estimate of drug-likeness (QED) is 0.0599. The van der Waals surface area contributed by atoms with Gasteiger partial charge in [0.05, 0.1) is 61.2 Å². The average molecular weight is 813 g/mol. The Bertz CT molecular complexity index is 2410. The van der Waals surface area contributed by atoms with Gasteiger partial charge in [-0.2, -0.15) is 0 Å². The van der Waals surface area contributed by atoms with Crippen molar-refractivity contribution >= 4 is 11.8 Å². The number of benzene rings is 4. The molecule has 12 heteroatoms. The summed E-state index contributed by atoms with van der Waals surface area (Å²) in [4.78, 5) is 43.1. The van der Waals surface area contributed by atoms with Gasteiger partial charge < -0.3 is 40.3 Å². The molecule has 12 nitrogen and oxygen atoms in total. The van der Waals surface area contributed by atoms with E-state index in [0.717, 1.165) is 33.6 Å². The van der Waals surface area contributed by atoms with E-state index in [4.69, 9.17) is 19.4 Å². The maximum absolute atomic E-state index is 13.8. The SMILES string of the molecule is COc1ccccc1C(O)C(C)(C)C(=O)NCc1nc(-c2ccc(-c3ccc(-c4c[nH]c(C(NC(=O)C(C)(C)C(O)c5ccccc5OC)C(C)(C)C)n4)cc3)cc2)c[nH]1. The molecule has 2 heterocycles. The van der Waals surface area contributed by atoms with Crippen molar-refractivity contribution in [3.8, 4) is 45.1 Å².